The second kappa shape index (κ2) is 8.14. The molecule has 1 aliphatic rings. The van der Waals surface area contributed by atoms with Crippen molar-refractivity contribution in [3.8, 4) is 5.75 Å². The molecule has 0 aliphatic carbocycles. The average Bonchev–Trinajstić information content (AvgIpc) is 2.70. The lowest BCUT2D eigenvalue weighted by Crippen LogP contribution is -2.28. The Kier molecular flexibility index (Phi) is 5.26. The third kappa shape index (κ3) is 4.41. The number of para-hydroxylation sites is 1. The van der Waals surface area contributed by atoms with E-state index in [4.69, 9.17) is 4.74 Å². The molecule has 0 bridgehead atoms. The zero-order valence-corrected chi connectivity index (χ0v) is 15.0. The van der Waals surface area contributed by atoms with E-state index in [-0.39, 0.29) is 5.82 Å². The van der Waals surface area contributed by atoms with Gasteiger partial charge in [-0.25, -0.2) is 4.39 Å². The summed E-state index contributed by atoms with van der Waals surface area (Å²) in [6.45, 7) is 2.48. The Hall–Kier alpha value is -2.98. The molecule has 0 radical (unpaired) electrons. The van der Waals surface area contributed by atoms with Crippen molar-refractivity contribution in [3.63, 3.8) is 0 Å². The molecule has 0 atom stereocenters. The maximum absolute atomic E-state index is 14.2. The summed E-state index contributed by atoms with van der Waals surface area (Å²) in [7, 11) is 0. The molecule has 27 heavy (non-hydrogen) atoms. The van der Waals surface area contributed by atoms with Crippen molar-refractivity contribution >= 4 is 6.08 Å². The van der Waals surface area contributed by atoms with Crippen LogP contribution in [0, 0.1) is 5.82 Å². The van der Waals surface area contributed by atoms with Crippen molar-refractivity contribution in [2.45, 2.75) is 13.1 Å². The van der Waals surface area contributed by atoms with Gasteiger partial charge in [0, 0.05) is 43.2 Å². The lowest BCUT2D eigenvalue weighted by Gasteiger charge is -2.26. The number of benzene rings is 2. The lowest BCUT2D eigenvalue weighted by molar-refractivity contribution is 0.256. The van der Waals surface area contributed by atoms with E-state index in [1.807, 2.05) is 48.7 Å². The fourth-order valence-corrected chi connectivity index (χ4v) is 3.33. The number of halogens is 1. The molecule has 3 aromatic rings. The van der Waals surface area contributed by atoms with Gasteiger partial charge in [-0.3, -0.25) is 9.88 Å². The number of hydrogen-bond donors (Lipinski definition) is 0. The van der Waals surface area contributed by atoms with E-state index in [1.165, 1.54) is 11.6 Å². The van der Waals surface area contributed by atoms with Crippen LogP contribution in [0.25, 0.3) is 6.08 Å². The normalized spacial score (nSPS) is 13.0. The highest BCUT2D eigenvalue weighted by Crippen LogP contribution is 2.26. The predicted molar refractivity (Wildman–Crippen MR) is 105 cm³/mol. The van der Waals surface area contributed by atoms with Crippen molar-refractivity contribution in [2.24, 2.45) is 0 Å². The summed E-state index contributed by atoms with van der Waals surface area (Å²) < 4.78 is 20.1. The molecule has 0 saturated carbocycles. The van der Waals surface area contributed by atoms with E-state index in [0.717, 1.165) is 16.9 Å². The van der Waals surface area contributed by atoms with Gasteiger partial charge in [0.25, 0.3) is 0 Å². The topological polar surface area (TPSA) is 25.4 Å². The molecule has 1 aromatic heterocycles. The molecule has 0 fully saturated rings. The van der Waals surface area contributed by atoms with Crippen LogP contribution in [-0.4, -0.2) is 23.0 Å². The number of aromatic nitrogens is 1. The summed E-state index contributed by atoms with van der Waals surface area (Å²) in [6, 6.07) is 18.9. The number of fused-ring (bicyclic) bond motifs is 1. The molecule has 0 spiro atoms. The van der Waals surface area contributed by atoms with E-state index < -0.39 is 0 Å². The van der Waals surface area contributed by atoms with E-state index >= 15 is 0 Å². The van der Waals surface area contributed by atoms with E-state index in [0.29, 0.717) is 31.8 Å². The molecule has 0 unspecified atom stereocenters. The van der Waals surface area contributed by atoms with Crippen LogP contribution in [0.3, 0.4) is 0 Å². The van der Waals surface area contributed by atoms with Gasteiger partial charge in [-0.1, -0.05) is 42.5 Å². The second-order valence-electron chi connectivity index (χ2n) is 6.73. The molecule has 0 saturated heterocycles. The van der Waals surface area contributed by atoms with Crippen LogP contribution >= 0.6 is 0 Å². The SMILES string of the molecule is Fc1ccccc1CN(CC1=Cc2ccccc2OC1)Cc1cccnc1. The van der Waals surface area contributed by atoms with Crippen molar-refractivity contribution in [2.75, 3.05) is 13.2 Å². The minimum Gasteiger partial charge on any atom is -0.489 e. The van der Waals surface area contributed by atoms with Crippen molar-refractivity contribution in [3.05, 3.63) is 101 Å². The highest BCUT2D eigenvalue weighted by Gasteiger charge is 2.16. The first-order valence-electron chi connectivity index (χ1n) is 9.04. The first-order valence-corrected chi connectivity index (χ1v) is 9.04. The van der Waals surface area contributed by atoms with Gasteiger partial charge < -0.3 is 4.74 Å². The van der Waals surface area contributed by atoms with Crippen LogP contribution in [-0.2, 0) is 13.1 Å². The minimum absolute atomic E-state index is 0.173. The van der Waals surface area contributed by atoms with Gasteiger partial charge >= 0.3 is 0 Å². The van der Waals surface area contributed by atoms with Crippen LogP contribution < -0.4 is 4.74 Å². The zero-order chi connectivity index (χ0) is 18.5. The van der Waals surface area contributed by atoms with Crippen LogP contribution in [0.4, 0.5) is 4.39 Å². The number of rotatable bonds is 6. The maximum atomic E-state index is 14.2. The Morgan fingerprint density at radius 1 is 0.926 bits per heavy atom. The fraction of sp³-hybridized carbons (Fsp3) is 0.174. The van der Waals surface area contributed by atoms with E-state index in [1.54, 1.807) is 12.3 Å². The predicted octanol–water partition coefficient (Wildman–Crippen LogP) is 4.70. The van der Waals surface area contributed by atoms with Crippen molar-refractivity contribution in [1.82, 2.24) is 9.88 Å². The van der Waals surface area contributed by atoms with Gasteiger partial charge in [0.05, 0.1) is 0 Å². The monoisotopic (exact) mass is 360 g/mol. The third-order valence-electron chi connectivity index (χ3n) is 4.60. The fourth-order valence-electron chi connectivity index (χ4n) is 3.33. The smallest absolute Gasteiger partial charge is 0.127 e. The molecule has 0 amide bonds. The van der Waals surface area contributed by atoms with E-state index in [9.17, 15) is 4.39 Å². The van der Waals surface area contributed by atoms with Crippen LogP contribution in [0.5, 0.6) is 5.75 Å². The Morgan fingerprint density at radius 3 is 2.63 bits per heavy atom. The molecule has 136 valence electrons. The van der Waals surface area contributed by atoms with Crippen LogP contribution in [0.15, 0.2) is 78.6 Å². The highest BCUT2D eigenvalue weighted by molar-refractivity contribution is 5.62. The first-order chi connectivity index (χ1) is 13.3. The molecular formula is C23H21FN2O. The first kappa shape index (κ1) is 17.4. The molecule has 4 heteroatoms. The zero-order valence-electron chi connectivity index (χ0n) is 15.0. The van der Waals surface area contributed by atoms with Gasteiger partial charge in [0.2, 0.25) is 0 Å². The molecule has 1 aliphatic heterocycles. The van der Waals surface area contributed by atoms with Gasteiger partial charge in [0.1, 0.15) is 18.2 Å². The van der Waals surface area contributed by atoms with Gasteiger partial charge in [0.15, 0.2) is 0 Å². The standard InChI is InChI=1S/C23H21FN2O/c24-22-9-3-1-8-21(22)16-26(14-18-6-5-11-25-13-18)15-19-12-20-7-2-4-10-23(20)27-17-19/h1-13H,14-17H2. The largest absolute Gasteiger partial charge is 0.489 e. The maximum Gasteiger partial charge on any atom is 0.127 e. The number of hydrogen-bond acceptors (Lipinski definition) is 3. The average molecular weight is 360 g/mol. The molecule has 2 aromatic carbocycles. The summed E-state index contributed by atoms with van der Waals surface area (Å²) >= 11 is 0. The molecular weight excluding hydrogens is 339 g/mol. The van der Waals surface area contributed by atoms with Gasteiger partial charge in [-0.15, -0.1) is 0 Å². The van der Waals surface area contributed by atoms with Crippen LogP contribution in [0.2, 0.25) is 0 Å². The summed E-state index contributed by atoms with van der Waals surface area (Å²) in [5.74, 6) is 0.738. The molecule has 0 N–H and O–H groups in total. The van der Waals surface area contributed by atoms with E-state index in [2.05, 4.69) is 22.0 Å². The van der Waals surface area contributed by atoms with Crippen molar-refractivity contribution < 1.29 is 9.13 Å². The Morgan fingerprint density at radius 2 is 1.78 bits per heavy atom. The number of ether oxygens (including phenoxy) is 1. The molecule has 4 rings (SSSR count). The number of nitrogens with zero attached hydrogens (tertiary/aromatic N) is 2. The summed E-state index contributed by atoms with van der Waals surface area (Å²) in [5.41, 5.74) is 4.06. The van der Waals surface area contributed by atoms with Crippen LogP contribution in [0.1, 0.15) is 16.7 Å². The lowest BCUT2D eigenvalue weighted by atomic mass is 10.1. The van der Waals surface area contributed by atoms with Crippen molar-refractivity contribution in [1.29, 1.82) is 0 Å². The Bertz CT molecular complexity index is 940. The summed E-state index contributed by atoms with van der Waals surface area (Å²) in [6.07, 6.45) is 5.80. The summed E-state index contributed by atoms with van der Waals surface area (Å²) in [5, 5.41) is 0. The number of pyridine rings is 1. The third-order valence-corrected chi connectivity index (χ3v) is 4.60. The Balaban J connectivity index is 1.56. The molecule has 2 heterocycles. The molecule has 3 nitrogen and oxygen atoms in total. The minimum atomic E-state index is -0.173. The second-order valence-corrected chi connectivity index (χ2v) is 6.73. The highest BCUT2D eigenvalue weighted by atomic mass is 19.1. The van der Waals surface area contributed by atoms with Gasteiger partial charge in [-0.2, -0.15) is 0 Å². The summed E-state index contributed by atoms with van der Waals surface area (Å²) in [4.78, 5) is 6.42. The quantitative estimate of drug-likeness (QED) is 0.637. The van der Waals surface area contributed by atoms with Gasteiger partial charge in [-0.05, 0) is 35.4 Å². The Labute approximate surface area is 158 Å².